The predicted octanol–water partition coefficient (Wildman–Crippen LogP) is 3.45. The lowest BCUT2D eigenvalue weighted by molar-refractivity contribution is 0.624. The lowest BCUT2D eigenvalue weighted by atomic mass is 10.1. The molecule has 0 aliphatic heterocycles. The van der Waals surface area contributed by atoms with Gasteiger partial charge in [0.25, 0.3) is 0 Å². The number of nitrogens with zero attached hydrogens (tertiary/aromatic N) is 4. The number of aromatic nitrogens is 3. The van der Waals surface area contributed by atoms with Gasteiger partial charge in [0.05, 0.1) is 23.6 Å². The number of hydrogen-bond donors (Lipinski definition) is 1. The number of anilines is 1. The van der Waals surface area contributed by atoms with Crippen LogP contribution in [-0.4, -0.2) is 15.0 Å². The average Bonchev–Trinajstić information content (AvgIpc) is 3.06. The standard InChI is InChI=1S/C17H14FN5/c1-12(20-16-9-5-8-15(18)14(16)10-19)17-11-23(22-21-17)13-6-3-2-4-7-13/h2-9,11-12,20H,1H3. The molecule has 1 unspecified atom stereocenters. The smallest absolute Gasteiger partial charge is 0.143 e. The summed E-state index contributed by atoms with van der Waals surface area (Å²) in [5, 5.41) is 20.4. The van der Waals surface area contributed by atoms with E-state index in [1.807, 2.05) is 43.3 Å². The zero-order valence-electron chi connectivity index (χ0n) is 12.4. The van der Waals surface area contributed by atoms with Crippen LogP contribution in [0.4, 0.5) is 10.1 Å². The molecule has 23 heavy (non-hydrogen) atoms. The van der Waals surface area contributed by atoms with E-state index in [0.717, 1.165) is 5.69 Å². The molecule has 2 aromatic carbocycles. The van der Waals surface area contributed by atoms with Gasteiger partial charge in [0.2, 0.25) is 0 Å². The highest BCUT2D eigenvalue weighted by Gasteiger charge is 2.14. The van der Waals surface area contributed by atoms with Crippen molar-refractivity contribution in [1.82, 2.24) is 15.0 Å². The maximum absolute atomic E-state index is 13.6. The molecule has 1 atom stereocenters. The van der Waals surface area contributed by atoms with E-state index in [2.05, 4.69) is 15.6 Å². The maximum atomic E-state index is 13.6. The Morgan fingerprint density at radius 1 is 1.17 bits per heavy atom. The Morgan fingerprint density at radius 2 is 1.96 bits per heavy atom. The Hall–Kier alpha value is -3.20. The number of nitriles is 1. The van der Waals surface area contributed by atoms with Gasteiger partial charge in [-0.15, -0.1) is 5.10 Å². The summed E-state index contributed by atoms with van der Waals surface area (Å²) in [6, 6.07) is 15.8. The number of para-hydroxylation sites is 1. The van der Waals surface area contributed by atoms with Crippen molar-refractivity contribution in [3.63, 3.8) is 0 Å². The predicted molar refractivity (Wildman–Crippen MR) is 84.5 cm³/mol. The summed E-state index contributed by atoms with van der Waals surface area (Å²) in [7, 11) is 0. The highest BCUT2D eigenvalue weighted by molar-refractivity contribution is 5.58. The molecule has 0 aliphatic carbocycles. The number of halogens is 1. The first-order valence-electron chi connectivity index (χ1n) is 7.12. The Balaban J connectivity index is 1.83. The van der Waals surface area contributed by atoms with Crippen molar-refractivity contribution in [2.75, 3.05) is 5.32 Å². The molecular formula is C17H14FN5. The molecule has 1 heterocycles. The summed E-state index contributed by atoms with van der Waals surface area (Å²) >= 11 is 0. The molecule has 0 saturated heterocycles. The van der Waals surface area contributed by atoms with Gasteiger partial charge >= 0.3 is 0 Å². The molecule has 114 valence electrons. The topological polar surface area (TPSA) is 66.5 Å². The van der Waals surface area contributed by atoms with Crippen molar-refractivity contribution in [3.05, 3.63) is 71.8 Å². The van der Waals surface area contributed by atoms with Crippen LogP contribution in [0.3, 0.4) is 0 Å². The number of hydrogen-bond acceptors (Lipinski definition) is 4. The Bertz CT molecular complexity index is 851. The summed E-state index contributed by atoms with van der Waals surface area (Å²) in [5.74, 6) is -0.544. The molecule has 3 aromatic rings. The fourth-order valence-electron chi connectivity index (χ4n) is 2.25. The molecule has 0 amide bonds. The van der Waals surface area contributed by atoms with Gasteiger partial charge in [-0.3, -0.25) is 0 Å². The second-order valence-corrected chi connectivity index (χ2v) is 5.06. The average molecular weight is 307 g/mol. The number of benzene rings is 2. The van der Waals surface area contributed by atoms with Gasteiger partial charge in [0, 0.05) is 0 Å². The minimum Gasteiger partial charge on any atom is -0.376 e. The van der Waals surface area contributed by atoms with E-state index >= 15 is 0 Å². The highest BCUT2D eigenvalue weighted by atomic mass is 19.1. The van der Waals surface area contributed by atoms with E-state index in [4.69, 9.17) is 5.26 Å². The third-order valence-corrected chi connectivity index (χ3v) is 3.47. The van der Waals surface area contributed by atoms with Crippen LogP contribution in [0.25, 0.3) is 5.69 Å². The van der Waals surface area contributed by atoms with Crippen molar-refractivity contribution in [3.8, 4) is 11.8 Å². The third kappa shape index (κ3) is 3.04. The maximum Gasteiger partial charge on any atom is 0.143 e. The SMILES string of the molecule is CC(Nc1cccc(F)c1C#N)c1cn(-c2ccccc2)nn1. The molecule has 0 spiro atoms. The van der Waals surface area contributed by atoms with Crippen molar-refractivity contribution in [2.45, 2.75) is 13.0 Å². The van der Waals surface area contributed by atoms with Crippen LogP contribution in [0.1, 0.15) is 24.2 Å². The second kappa shape index (κ2) is 6.28. The summed E-state index contributed by atoms with van der Waals surface area (Å²) in [6.45, 7) is 1.88. The number of rotatable bonds is 4. The van der Waals surface area contributed by atoms with Gasteiger partial charge in [-0.05, 0) is 31.2 Å². The highest BCUT2D eigenvalue weighted by Crippen LogP contribution is 2.23. The van der Waals surface area contributed by atoms with E-state index in [-0.39, 0.29) is 11.6 Å². The number of nitrogens with one attached hydrogen (secondary N) is 1. The summed E-state index contributed by atoms with van der Waals surface area (Å²) in [6.07, 6.45) is 1.80. The lowest BCUT2D eigenvalue weighted by Crippen LogP contribution is -2.09. The quantitative estimate of drug-likeness (QED) is 0.801. The van der Waals surface area contributed by atoms with Gasteiger partial charge in [-0.2, -0.15) is 5.26 Å². The van der Waals surface area contributed by atoms with Crippen molar-refractivity contribution < 1.29 is 4.39 Å². The lowest BCUT2D eigenvalue weighted by Gasteiger charge is -2.13. The fourth-order valence-corrected chi connectivity index (χ4v) is 2.25. The first kappa shape index (κ1) is 14.7. The summed E-state index contributed by atoms with van der Waals surface area (Å²) in [5.41, 5.74) is 2.04. The van der Waals surface area contributed by atoms with Crippen LogP contribution in [-0.2, 0) is 0 Å². The molecule has 6 heteroatoms. The Morgan fingerprint density at radius 3 is 2.70 bits per heavy atom. The van der Waals surface area contributed by atoms with Gasteiger partial charge in [-0.1, -0.05) is 29.5 Å². The van der Waals surface area contributed by atoms with E-state index in [9.17, 15) is 4.39 Å². The molecule has 0 radical (unpaired) electrons. The van der Waals surface area contributed by atoms with Gasteiger partial charge in [0.1, 0.15) is 23.1 Å². The zero-order chi connectivity index (χ0) is 16.2. The van der Waals surface area contributed by atoms with Gasteiger partial charge in [0.15, 0.2) is 0 Å². The van der Waals surface area contributed by atoms with Crippen molar-refractivity contribution in [1.29, 1.82) is 5.26 Å². The summed E-state index contributed by atoms with van der Waals surface area (Å²) in [4.78, 5) is 0. The summed E-state index contributed by atoms with van der Waals surface area (Å²) < 4.78 is 15.3. The molecule has 1 N–H and O–H groups in total. The fraction of sp³-hybridized carbons (Fsp3) is 0.118. The van der Waals surface area contributed by atoms with E-state index in [1.165, 1.54) is 6.07 Å². The first-order valence-corrected chi connectivity index (χ1v) is 7.12. The first-order chi connectivity index (χ1) is 11.2. The minimum atomic E-state index is -0.544. The molecule has 0 fully saturated rings. The second-order valence-electron chi connectivity index (χ2n) is 5.06. The van der Waals surface area contributed by atoms with E-state index in [1.54, 1.807) is 23.0 Å². The molecule has 5 nitrogen and oxygen atoms in total. The molecule has 1 aromatic heterocycles. The normalized spacial score (nSPS) is 11.7. The Kier molecular flexibility index (Phi) is 4.02. The van der Waals surface area contributed by atoms with Gasteiger partial charge in [-0.25, -0.2) is 9.07 Å². The van der Waals surface area contributed by atoms with Crippen LogP contribution in [0.5, 0.6) is 0 Å². The largest absolute Gasteiger partial charge is 0.376 e. The van der Waals surface area contributed by atoms with E-state index < -0.39 is 5.82 Å². The van der Waals surface area contributed by atoms with Crippen molar-refractivity contribution in [2.24, 2.45) is 0 Å². The van der Waals surface area contributed by atoms with E-state index in [0.29, 0.717) is 11.4 Å². The van der Waals surface area contributed by atoms with Crippen LogP contribution < -0.4 is 5.32 Å². The monoisotopic (exact) mass is 307 g/mol. The van der Waals surface area contributed by atoms with Crippen LogP contribution in [0, 0.1) is 17.1 Å². The van der Waals surface area contributed by atoms with Gasteiger partial charge < -0.3 is 5.32 Å². The third-order valence-electron chi connectivity index (χ3n) is 3.47. The molecular weight excluding hydrogens is 293 g/mol. The molecule has 0 aliphatic rings. The molecule has 3 rings (SSSR count). The Labute approximate surface area is 133 Å². The van der Waals surface area contributed by atoms with Crippen LogP contribution in [0.15, 0.2) is 54.7 Å². The van der Waals surface area contributed by atoms with Crippen molar-refractivity contribution >= 4 is 5.69 Å². The molecule has 0 saturated carbocycles. The van der Waals surface area contributed by atoms with Crippen LogP contribution in [0.2, 0.25) is 0 Å². The van der Waals surface area contributed by atoms with Crippen LogP contribution >= 0.6 is 0 Å². The minimum absolute atomic E-state index is 0.00481. The zero-order valence-corrected chi connectivity index (χ0v) is 12.4. The molecule has 0 bridgehead atoms.